The van der Waals surface area contributed by atoms with Crippen LogP contribution >= 0.6 is 11.6 Å². The molecule has 3 rings (SSSR count). The number of hydrogen-bond acceptors (Lipinski definition) is 3. The second kappa shape index (κ2) is 4.13. The van der Waals surface area contributed by atoms with E-state index in [2.05, 4.69) is 17.3 Å². The zero-order valence-corrected chi connectivity index (χ0v) is 10.7. The predicted molar refractivity (Wildman–Crippen MR) is 66.4 cm³/mol. The lowest BCUT2D eigenvalue weighted by Gasteiger charge is -2.48. The smallest absolute Gasteiger partial charge is 0.0641 e. The van der Waals surface area contributed by atoms with Crippen molar-refractivity contribution in [2.75, 3.05) is 13.6 Å². The molecule has 6 unspecified atom stereocenters. The van der Waals surface area contributed by atoms with Crippen LogP contribution in [0, 0.1) is 11.8 Å². The fourth-order valence-corrected chi connectivity index (χ4v) is 4.28. The van der Waals surface area contributed by atoms with Crippen molar-refractivity contribution < 1.29 is 0 Å². The maximum Gasteiger partial charge on any atom is 0.0641 e. The lowest BCUT2D eigenvalue weighted by molar-refractivity contribution is 0.0683. The topological polar surface area (TPSA) is 41.3 Å². The third kappa shape index (κ3) is 1.69. The van der Waals surface area contributed by atoms with Crippen molar-refractivity contribution in [1.82, 2.24) is 10.2 Å². The van der Waals surface area contributed by atoms with Gasteiger partial charge in [-0.25, -0.2) is 0 Å². The summed E-state index contributed by atoms with van der Waals surface area (Å²) in [6, 6.07) is 0.953. The third-order valence-electron chi connectivity index (χ3n) is 4.90. The van der Waals surface area contributed by atoms with E-state index in [4.69, 9.17) is 17.3 Å². The first-order valence-electron chi connectivity index (χ1n) is 6.53. The molecule has 16 heavy (non-hydrogen) atoms. The standard InChI is InChI=1S/C12H22ClN3/c1-16-5-4-8-11(14)9-6-7(13)2-3-10(9)15-12(8)16/h7-12,15H,2-6,14H2,1H3. The highest BCUT2D eigenvalue weighted by Crippen LogP contribution is 2.40. The van der Waals surface area contributed by atoms with E-state index in [1.165, 1.54) is 19.4 Å². The Morgan fingerprint density at radius 2 is 2.06 bits per heavy atom. The number of alkyl halides is 1. The molecule has 0 spiro atoms. The van der Waals surface area contributed by atoms with E-state index >= 15 is 0 Å². The Hall–Kier alpha value is 0.170. The number of fused-ring (bicyclic) bond motifs is 2. The number of halogens is 1. The van der Waals surface area contributed by atoms with Crippen LogP contribution in [-0.2, 0) is 0 Å². The lowest BCUT2D eigenvalue weighted by Crippen LogP contribution is -2.64. The molecular formula is C12H22ClN3. The van der Waals surface area contributed by atoms with Crippen LogP contribution in [0.2, 0.25) is 0 Å². The summed E-state index contributed by atoms with van der Waals surface area (Å²) in [7, 11) is 2.21. The number of hydrogen-bond donors (Lipinski definition) is 2. The van der Waals surface area contributed by atoms with Gasteiger partial charge in [-0.2, -0.15) is 0 Å². The summed E-state index contributed by atoms with van der Waals surface area (Å²) < 4.78 is 0. The monoisotopic (exact) mass is 243 g/mol. The van der Waals surface area contributed by atoms with Crippen LogP contribution in [0.3, 0.4) is 0 Å². The van der Waals surface area contributed by atoms with Gasteiger partial charge in [0, 0.05) is 23.4 Å². The van der Waals surface area contributed by atoms with Gasteiger partial charge in [-0.1, -0.05) is 0 Å². The van der Waals surface area contributed by atoms with Crippen LogP contribution in [0.15, 0.2) is 0 Å². The predicted octanol–water partition coefficient (Wildman–Crippen LogP) is 0.971. The molecule has 92 valence electrons. The molecule has 2 aliphatic heterocycles. The summed E-state index contributed by atoms with van der Waals surface area (Å²) in [6.45, 7) is 1.18. The average molecular weight is 244 g/mol. The number of nitrogens with one attached hydrogen (secondary N) is 1. The summed E-state index contributed by atoms with van der Waals surface area (Å²) >= 11 is 6.28. The Balaban J connectivity index is 1.78. The molecule has 3 aliphatic rings. The van der Waals surface area contributed by atoms with E-state index in [1.54, 1.807) is 0 Å². The third-order valence-corrected chi connectivity index (χ3v) is 5.30. The zero-order chi connectivity index (χ0) is 11.3. The first-order valence-corrected chi connectivity index (χ1v) is 6.96. The van der Waals surface area contributed by atoms with Crippen LogP contribution in [0.1, 0.15) is 25.7 Å². The van der Waals surface area contributed by atoms with Crippen molar-refractivity contribution in [3.8, 4) is 0 Å². The lowest BCUT2D eigenvalue weighted by atomic mass is 9.71. The van der Waals surface area contributed by atoms with Gasteiger partial charge in [-0.05, 0) is 45.2 Å². The second-order valence-electron chi connectivity index (χ2n) is 5.80. The fourth-order valence-electron chi connectivity index (χ4n) is 3.95. The minimum absolute atomic E-state index is 0.350. The van der Waals surface area contributed by atoms with Crippen LogP contribution in [0.5, 0.6) is 0 Å². The molecular weight excluding hydrogens is 222 g/mol. The Bertz CT molecular complexity index is 273. The highest BCUT2D eigenvalue weighted by Gasteiger charge is 2.48. The molecule has 2 heterocycles. The molecule has 1 aliphatic carbocycles. The number of nitrogens with zero attached hydrogens (tertiary/aromatic N) is 1. The minimum atomic E-state index is 0.350. The molecule has 0 radical (unpaired) electrons. The van der Waals surface area contributed by atoms with Crippen molar-refractivity contribution in [1.29, 1.82) is 0 Å². The normalized spacial score (nSPS) is 53.4. The van der Waals surface area contributed by atoms with Crippen LogP contribution < -0.4 is 11.1 Å². The molecule has 0 amide bonds. The summed E-state index contributed by atoms with van der Waals surface area (Å²) in [4.78, 5) is 2.42. The van der Waals surface area contributed by atoms with Gasteiger partial charge in [0.15, 0.2) is 0 Å². The highest BCUT2D eigenvalue weighted by atomic mass is 35.5. The zero-order valence-electron chi connectivity index (χ0n) is 9.90. The van der Waals surface area contributed by atoms with Crippen molar-refractivity contribution in [2.45, 2.75) is 49.3 Å². The van der Waals surface area contributed by atoms with Gasteiger partial charge in [-0.15, -0.1) is 11.6 Å². The van der Waals surface area contributed by atoms with Crippen LogP contribution in [0.25, 0.3) is 0 Å². The van der Waals surface area contributed by atoms with Gasteiger partial charge in [0.25, 0.3) is 0 Å². The Kier molecular flexibility index (Phi) is 2.91. The van der Waals surface area contributed by atoms with Crippen molar-refractivity contribution in [3.05, 3.63) is 0 Å². The fraction of sp³-hybridized carbons (Fsp3) is 1.00. The Morgan fingerprint density at radius 1 is 1.25 bits per heavy atom. The summed E-state index contributed by atoms with van der Waals surface area (Å²) in [5.41, 5.74) is 6.47. The van der Waals surface area contributed by atoms with Gasteiger partial charge in [0.1, 0.15) is 0 Å². The quantitative estimate of drug-likeness (QED) is 0.623. The molecule has 1 saturated carbocycles. The molecule has 4 heteroatoms. The maximum absolute atomic E-state index is 6.47. The number of nitrogens with two attached hydrogens (primary N) is 1. The Morgan fingerprint density at radius 3 is 2.88 bits per heavy atom. The van der Waals surface area contributed by atoms with Crippen LogP contribution in [-0.4, -0.2) is 42.1 Å². The van der Waals surface area contributed by atoms with Crippen molar-refractivity contribution in [3.63, 3.8) is 0 Å². The van der Waals surface area contributed by atoms with E-state index in [0.29, 0.717) is 35.5 Å². The summed E-state index contributed by atoms with van der Waals surface area (Å²) in [5, 5.41) is 4.16. The molecule has 2 saturated heterocycles. The SMILES string of the molecule is CN1CCC2C(N)C3CC(Cl)CCC3NC21. The second-order valence-corrected chi connectivity index (χ2v) is 6.42. The number of rotatable bonds is 0. The van der Waals surface area contributed by atoms with Gasteiger partial charge in [0.2, 0.25) is 0 Å². The molecule has 3 N–H and O–H groups in total. The van der Waals surface area contributed by atoms with E-state index in [9.17, 15) is 0 Å². The first-order chi connectivity index (χ1) is 7.66. The molecule has 3 fully saturated rings. The molecule has 0 aromatic heterocycles. The maximum atomic E-state index is 6.47. The molecule has 0 aromatic rings. The molecule has 6 atom stereocenters. The van der Waals surface area contributed by atoms with Gasteiger partial charge >= 0.3 is 0 Å². The highest BCUT2D eigenvalue weighted by molar-refractivity contribution is 6.20. The van der Waals surface area contributed by atoms with Gasteiger partial charge in [-0.3, -0.25) is 10.2 Å². The Labute approximate surface area is 103 Å². The molecule has 3 nitrogen and oxygen atoms in total. The number of piperidine rings is 1. The van der Waals surface area contributed by atoms with Crippen molar-refractivity contribution >= 4 is 11.6 Å². The minimum Gasteiger partial charge on any atom is -0.327 e. The average Bonchev–Trinajstić information content (AvgIpc) is 2.63. The molecule has 0 bridgehead atoms. The van der Waals surface area contributed by atoms with E-state index in [0.717, 1.165) is 12.8 Å². The number of likely N-dealkylation sites (tertiary alicyclic amines) is 1. The summed E-state index contributed by atoms with van der Waals surface area (Å²) in [5.74, 6) is 1.23. The van der Waals surface area contributed by atoms with E-state index in [-0.39, 0.29) is 0 Å². The largest absolute Gasteiger partial charge is 0.327 e. The van der Waals surface area contributed by atoms with Crippen molar-refractivity contribution in [2.24, 2.45) is 17.6 Å². The van der Waals surface area contributed by atoms with Gasteiger partial charge in [0.05, 0.1) is 6.17 Å². The van der Waals surface area contributed by atoms with Crippen LogP contribution in [0.4, 0.5) is 0 Å². The van der Waals surface area contributed by atoms with Gasteiger partial charge < -0.3 is 5.73 Å². The van der Waals surface area contributed by atoms with E-state index in [1.807, 2.05) is 0 Å². The first kappa shape index (κ1) is 11.3. The molecule has 0 aromatic carbocycles. The van der Waals surface area contributed by atoms with E-state index < -0.39 is 0 Å². The summed E-state index contributed by atoms with van der Waals surface area (Å²) in [6.07, 6.45) is 5.20.